The molecule has 0 aromatic heterocycles. The maximum atomic E-state index is 11.9. The van der Waals surface area contributed by atoms with Gasteiger partial charge in [0.2, 0.25) is 5.91 Å². The van der Waals surface area contributed by atoms with Gasteiger partial charge in [0.1, 0.15) is 0 Å². The first-order chi connectivity index (χ1) is 7.77. The van der Waals surface area contributed by atoms with Crippen molar-refractivity contribution in [3.05, 3.63) is 0 Å². The lowest BCUT2D eigenvalue weighted by atomic mass is 9.98. The molecule has 0 spiro atoms. The van der Waals surface area contributed by atoms with Crippen LogP contribution in [0.5, 0.6) is 0 Å². The molecule has 0 aliphatic carbocycles. The molecule has 0 unspecified atom stereocenters. The Morgan fingerprint density at radius 1 is 1.56 bits per heavy atom. The SMILES string of the molecule is COCCN(CCC#N)C(=O)CC1CNC1. The van der Waals surface area contributed by atoms with E-state index in [1.54, 1.807) is 12.0 Å². The van der Waals surface area contributed by atoms with Gasteiger partial charge in [0.05, 0.1) is 19.1 Å². The Morgan fingerprint density at radius 3 is 2.81 bits per heavy atom. The summed E-state index contributed by atoms with van der Waals surface area (Å²) in [6.07, 6.45) is 0.973. The normalized spacial score (nSPS) is 15.2. The van der Waals surface area contributed by atoms with E-state index in [0.29, 0.717) is 38.5 Å². The average Bonchev–Trinajstić information content (AvgIpc) is 2.23. The highest BCUT2D eigenvalue weighted by Crippen LogP contribution is 2.10. The first-order valence-corrected chi connectivity index (χ1v) is 5.62. The molecule has 0 radical (unpaired) electrons. The van der Waals surface area contributed by atoms with Gasteiger partial charge in [-0.05, 0) is 19.0 Å². The van der Waals surface area contributed by atoms with E-state index in [0.717, 1.165) is 13.1 Å². The number of rotatable bonds is 7. The van der Waals surface area contributed by atoms with Crippen molar-refractivity contribution in [2.45, 2.75) is 12.8 Å². The Morgan fingerprint density at radius 2 is 2.31 bits per heavy atom. The van der Waals surface area contributed by atoms with Gasteiger partial charge >= 0.3 is 0 Å². The molecule has 1 heterocycles. The zero-order valence-electron chi connectivity index (χ0n) is 9.74. The van der Waals surface area contributed by atoms with Crippen molar-refractivity contribution in [1.29, 1.82) is 5.26 Å². The number of nitrogens with one attached hydrogen (secondary N) is 1. The number of carbonyl (C=O) groups is 1. The fourth-order valence-electron chi connectivity index (χ4n) is 1.62. The number of amides is 1. The molecule has 0 aromatic rings. The number of carbonyl (C=O) groups excluding carboxylic acids is 1. The van der Waals surface area contributed by atoms with Crippen molar-refractivity contribution >= 4 is 5.91 Å². The molecule has 0 bridgehead atoms. The van der Waals surface area contributed by atoms with Gasteiger partial charge in [-0.3, -0.25) is 4.79 Å². The lowest BCUT2D eigenvalue weighted by Crippen LogP contribution is -2.45. The molecule has 0 atom stereocenters. The minimum Gasteiger partial charge on any atom is -0.383 e. The monoisotopic (exact) mass is 225 g/mol. The van der Waals surface area contributed by atoms with Crippen LogP contribution in [0.3, 0.4) is 0 Å². The van der Waals surface area contributed by atoms with Crippen molar-refractivity contribution < 1.29 is 9.53 Å². The molecular weight excluding hydrogens is 206 g/mol. The van der Waals surface area contributed by atoms with E-state index >= 15 is 0 Å². The molecule has 1 aliphatic heterocycles. The van der Waals surface area contributed by atoms with E-state index in [1.165, 1.54) is 0 Å². The van der Waals surface area contributed by atoms with E-state index in [-0.39, 0.29) is 5.91 Å². The standard InChI is InChI=1S/C11H19N3O2/c1-16-6-5-14(4-2-3-12)11(15)7-10-8-13-9-10/h10,13H,2,4-9H2,1H3. The number of nitriles is 1. The summed E-state index contributed by atoms with van der Waals surface area (Å²) < 4.78 is 4.96. The molecule has 16 heavy (non-hydrogen) atoms. The quantitative estimate of drug-likeness (QED) is 0.661. The Bertz CT molecular complexity index is 258. The summed E-state index contributed by atoms with van der Waals surface area (Å²) in [6.45, 7) is 3.49. The van der Waals surface area contributed by atoms with Gasteiger partial charge < -0.3 is 15.0 Å². The van der Waals surface area contributed by atoms with Gasteiger partial charge in [-0.25, -0.2) is 0 Å². The van der Waals surface area contributed by atoms with Crippen LogP contribution < -0.4 is 5.32 Å². The summed E-state index contributed by atoms with van der Waals surface area (Å²) >= 11 is 0. The molecule has 1 saturated heterocycles. The molecule has 90 valence electrons. The molecule has 1 fully saturated rings. The zero-order chi connectivity index (χ0) is 11.8. The third-order valence-electron chi connectivity index (χ3n) is 2.74. The number of nitrogens with zero attached hydrogens (tertiary/aromatic N) is 2. The highest BCUT2D eigenvalue weighted by molar-refractivity contribution is 5.76. The molecule has 0 aromatic carbocycles. The smallest absolute Gasteiger partial charge is 0.223 e. The van der Waals surface area contributed by atoms with E-state index in [2.05, 4.69) is 11.4 Å². The van der Waals surface area contributed by atoms with E-state index in [1.807, 2.05) is 0 Å². The average molecular weight is 225 g/mol. The zero-order valence-corrected chi connectivity index (χ0v) is 9.74. The van der Waals surface area contributed by atoms with Crippen LogP contribution in [0, 0.1) is 17.2 Å². The van der Waals surface area contributed by atoms with Crippen LogP contribution in [0.2, 0.25) is 0 Å². The highest BCUT2D eigenvalue weighted by Gasteiger charge is 2.23. The summed E-state index contributed by atoms with van der Waals surface area (Å²) in [4.78, 5) is 13.6. The Balaban J connectivity index is 2.32. The maximum absolute atomic E-state index is 11.9. The van der Waals surface area contributed by atoms with Crippen LogP contribution in [0.4, 0.5) is 0 Å². The van der Waals surface area contributed by atoms with Crippen LogP contribution in [-0.4, -0.2) is 50.7 Å². The first-order valence-electron chi connectivity index (χ1n) is 5.62. The van der Waals surface area contributed by atoms with Gasteiger partial charge in [0.15, 0.2) is 0 Å². The molecular formula is C11H19N3O2. The number of methoxy groups -OCH3 is 1. The van der Waals surface area contributed by atoms with Gasteiger partial charge in [-0.15, -0.1) is 0 Å². The maximum Gasteiger partial charge on any atom is 0.223 e. The van der Waals surface area contributed by atoms with Crippen LogP contribution in [-0.2, 0) is 9.53 Å². The second-order valence-electron chi connectivity index (χ2n) is 4.01. The number of hydrogen-bond acceptors (Lipinski definition) is 4. The molecule has 1 amide bonds. The van der Waals surface area contributed by atoms with Crippen LogP contribution in [0.1, 0.15) is 12.8 Å². The Labute approximate surface area is 96.4 Å². The lowest BCUT2D eigenvalue weighted by Gasteiger charge is -2.29. The second-order valence-corrected chi connectivity index (χ2v) is 4.01. The van der Waals surface area contributed by atoms with Crippen molar-refractivity contribution in [1.82, 2.24) is 10.2 Å². The second kappa shape index (κ2) is 7.20. The largest absolute Gasteiger partial charge is 0.383 e. The minimum atomic E-state index is 0.138. The topological polar surface area (TPSA) is 65.4 Å². The first kappa shape index (κ1) is 12.9. The Hall–Kier alpha value is -1.12. The van der Waals surface area contributed by atoms with Gasteiger partial charge in [-0.1, -0.05) is 0 Å². The summed E-state index contributed by atoms with van der Waals surface area (Å²) in [5.74, 6) is 0.610. The van der Waals surface area contributed by atoms with Gasteiger partial charge in [0.25, 0.3) is 0 Å². The Kier molecular flexibility index (Phi) is 5.83. The minimum absolute atomic E-state index is 0.138. The predicted octanol–water partition coefficient (Wildman–Crippen LogP) is -0.0154. The fourth-order valence-corrected chi connectivity index (χ4v) is 1.62. The fraction of sp³-hybridized carbons (Fsp3) is 0.818. The number of ether oxygens (including phenoxy) is 1. The summed E-state index contributed by atoms with van der Waals surface area (Å²) in [6, 6.07) is 2.06. The third kappa shape index (κ3) is 4.17. The van der Waals surface area contributed by atoms with E-state index in [9.17, 15) is 4.79 Å². The van der Waals surface area contributed by atoms with Crippen molar-refractivity contribution in [3.8, 4) is 6.07 Å². The molecule has 1 rings (SSSR count). The van der Waals surface area contributed by atoms with Gasteiger partial charge in [-0.2, -0.15) is 5.26 Å². The van der Waals surface area contributed by atoms with E-state index < -0.39 is 0 Å². The molecule has 1 N–H and O–H groups in total. The highest BCUT2D eigenvalue weighted by atomic mass is 16.5. The molecule has 0 saturated carbocycles. The van der Waals surface area contributed by atoms with Crippen molar-refractivity contribution in [3.63, 3.8) is 0 Å². The molecule has 1 aliphatic rings. The van der Waals surface area contributed by atoms with Crippen molar-refractivity contribution in [2.24, 2.45) is 5.92 Å². The predicted molar refractivity (Wildman–Crippen MR) is 59.7 cm³/mol. The van der Waals surface area contributed by atoms with Crippen molar-refractivity contribution in [2.75, 3.05) is 39.9 Å². The summed E-state index contributed by atoms with van der Waals surface area (Å²) in [5.41, 5.74) is 0. The third-order valence-corrected chi connectivity index (χ3v) is 2.74. The molecule has 5 nitrogen and oxygen atoms in total. The van der Waals surface area contributed by atoms with Gasteiger partial charge in [0, 0.05) is 26.6 Å². The number of hydrogen-bond donors (Lipinski definition) is 1. The van der Waals surface area contributed by atoms with Crippen LogP contribution >= 0.6 is 0 Å². The van der Waals surface area contributed by atoms with Crippen LogP contribution in [0.15, 0.2) is 0 Å². The summed E-state index contributed by atoms with van der Waals surface area (Å²) in [5, 5.41) is 11.7. The summed E-state index contributed by atoms with van der Waals surface area (Å²) in [7, 11) is 1.61. The van der Waals surface area contributed by atoms with Crippen LogP contribution in [0.25, 0.3) is 0 Å². The molecule has 5 heteroatoms. The lowest BCUT2D eigenvalue weighted by molar-refractivity contribution is -0.133. The van der Waals surface area contributed by atoms with E-state index in [4.69, 9.17) is 10.00 Å².